The molecule has 1 aliphatic heterocycles. The highest BCUT2D eigenvalue weighted by molar-refractivity contribution is 14.0. The van der Waals surface area contributed by atoms with Crippen LogP contribution in [0.1, 0.15) is 38.2 Å². The number of ether oxygens (including phenoxy) is 1. The van der Waals surface area contributed by atoms with Crippen molar-refractivity contribution in [1.29, 1.82) is 0 Å². The Balaban J connectivity index is 0.00000312. The predicted octanol–water partition coefficient (Wildman–Crippen LogP) is 2.64. The minimum Gasteiger partial charge on any atom is -0.481 e. The third-order valence-corrected chi connectivity index (χ3v) is 4.62. The first-order chi connectivity index (χ1) is 11.8. The Bertz CT molecular complexity index is 526. The molecule has 0 radical (unpaired) electrons. The molecule has 0 aliphatic carbocycles. The van der Waals surface area contributed by atoms with E-state index in [-0.39, 0.29) is 24.0 Å². The number of rotatable bonds is 7. The highest BCUT2D eigenvalue weighted by atomic mass is 127. The van der Waals surface area contributed by atoms with E-state index in [2.05, 4.69) is 32.4 Å². The lowest BCUT2D eigenvalue weighted by Gasteiger charge is -2.35. The molecule has 2 N–H and O–H groups in total. The maximum Gasteiger partial charge on any atom is 0.218 e. The van der Waals surface area contributed by atoms with Crippen LogP contribution in [0.5, 0.6) is 5.88 Å². The van der Waals surface area contributed by atoms with Gasteiger partial charge < -0.3 is 15.4 Å². The topological polar surface area (TPSA) is 61.8 Å². The number of halogens is 1. The summed E-state index contributed by atoms with van der Waals surface area (Å²) in [4.78, 5) is 11.1. The molecule has 1 aliphatic rings. The van der Waals surface area contributed by atoms with Gasteiger partial charge in [0.15, 0.2) is 5.96 Å². The van der Waals surface area contributed by atoms with E-state index >= 15 is 0 Å². The van der Waals surface area contributed by atoms with E-state index < -0.39 is 0 Å². The minimum absolute atomic E-state index is 0. The number of nitrogens with zero attached hydrogens (tertiary/aromatic N) is 3. The third kappa shape index (κ3) is 6.97. The Morgan fingerprint density at radius 1 is 1.40 bits per heavy atom. The van der Waals surface area contributed by atoms with Crippen molar-refractivity contribution in [3.8, 4) is 5.88 Å². The Labute approximate surface area is 168 Å². The van der Waals surface area contributed by atoms with Crippen LogP contribution in [-0.2, 0) is 6.54 Å². The zero-order chi connectivity index (χ0) is 17.2. The predicted molar refractivity (Wildman–Crippen MR) is 114 cm³/mol. The molecular weight excluding hydrogens is 429 g/mol. The second-order valence-corrected chi connectivity index (χ2v) is 6.12. The maximum atomic E-state index is 5.28. The van der Waals surface area contributed by atoms with Crippen LogP contribution in [0.25, 0.3) is 0 Å². The average Bonchev–Trinajstić information content (AvgIpc) is 2.65. The molecule has 1 aromatic heterocycles. The van der Waals surface area contributed by atoms with Gasteiger partial charge in [0.1, 0.15) is 0 Å². The van der Waals surface area contributed by atoms with Gasteiger partial charge in [-0.15, -0.1) is 24.0 Å². The maximum absolute atomic E-state index is 5.28. The molecule has 2 heterocycles. The molecule has 2 rings (SSSR count). The van der Waals surface area contributed by atoms with E-state index in [1.54, 1.807) is 20.4 Å². The summed E-state index contributed by atoms with van der Waals surface area (Å²) in [5, 5.41) is 6.73. The van der Waals surface area contributed by atoms with E-state index in [1.165, 1.54) is 32.2 Å². The van der Waals surface area contributed by atoms with Crippen LogP contribution < -0.4 is 15.4 Å². The molecule has 142 valence electrons. The van der Waals surface area contributed by atoms with Crippen molar-refractivity contribution in [3.63, 3.8) is 0 Å². The molecule has 1 saturated heterocycles. The molecule has 25 heavy (non-hydrogen) atoms. The minimum atomic E-state index is 0. The van der Waals surface area contributed by atoms with Crippen molar-refractivity contribution < 1.29 is 4.74 Å². The van der Waals surface area contributed by atoms with Gasteiger partial charge in [-0.1, -0.05) is 19.4 Å². The number of nitrogens with one attached hydrogen (secondary N) is 2. The zero-order valence-electron chi connectivity index (χ0n) is 15.6. The Morgan fingerprint density at radius 2 is 2.24 bits per heavy atom. The zero-order valence-corrected chi connectivity index (χ0v) is 18.0. The molecular formula is C18H32IN5O. The first kappa shape index (κ1) is 22.0. The van der Waals surface area contributed by atoms with Crippen LogP contribution in [-0.4, -0.2) is 55.7 Å². The van der Waals surface area contributed by atoms with Gasteiger partial charge in [-0.2, -0.15) is 0 Å². The molecule has 0 bridgehead atoms. The third-order valence-electron chi connectivity index (χ3n) is 4.62. The molecule has 0 saturated carbocycles. The molecule has 0 spiro atoms. The highest BCUT2D eigenvalue weighted by Crippen LogP contribution is 2.18. The summed E-state index contributed by atoms with van der Waals surface area (Å²) in [5.41, 5.74) is 1.02. The number of aromatic nitrogens is 1. The van der Waals surface area contributed by atoms with Gasteiger partial charge in [-0.05, 0) is 31.9 Å². The quantitative estimate of drug-likeness (QED) is 0.372. The summed E-state index contributed by atoms with van der Waals surface area (Å²) in [6.07, 6.45) is 7.01. The van der Waals surface area contributed by atoms with Gasteiger partial charge in [-0.25, -0.2) is 4.98 Å². The number of likely N-dealkylation sites (tertiary alicyclic amines) is 1. The lowest BCUT2D eigenvalue weighted by Crippen LogP contribution is -2.45. The molecule has 7 heteroatoms. The van der Waals surface area contributed by atoms with Crippen LogP contribution in [0.2, 0.25) is 0 Å². The second kappa shape index (κ2) is 12.3. The largest absolute Gasteiger partial charge is 0.481 e. The molecule has 1 fully saturated rings. The monoisotopic (exact) mass is 461 g/mol. The lowest BCUT2D eigenvalue weighted by molar-refractivity contribution is 0.147. The van der Waals surface area contributed by atoms with Crippen molar-refractivity contribution in [2.24, 2.45) is 4.99 Å². The number of piperidine rings is 1. The van der Waals surface area contributed by atoms with Crippen molar-refractivity contribution >= 4 is 29.9 Å². The molecule has 0 amide bonds. The molecule has 1 unspecified atom stereocenters. The summed E-state index contributed by atoms with van der Waals surface area (Å²) >= 11 is 0. The van der Waals surface area contributed by atoms with Crippen LogP contribution in [0, 0.1) is 0 Å². The fourth-order valence-corrected chi connectivity index (χ4v) is 3.28. The number of hydrogen-bond acceptors (Lipinski definition) is 4. The molecule has 6 nitrogen and oxygen atoms in total. The van der Waals surface area contributed by atoms with Crippen molar-refractivity contribution in [3.05, 3.63) is 23.9 Å². The van der Waals surface area contributed by atoms with E-state index in [4.69, 9.17) is 4.74 Å². The van der Waals surface area contributed by atoms with Crippen molar-refractivity contribution in [1.82, 2.24) is 20.5 Å². The number of aliphatic imine (C=N–C) groups is 1. The summed E-state index contributed by atoms with van der Waals surface area (Å²) in [7, 11) is 3.44. The normalized spacial score (nSPS) is 18.4. The fourth-order valence-electron chi connectivity index (χ4n) is 3.28. The Morgan fingerprint density at radius 3 is 2.96 bits per heavy atom. The molecule has 1 aromatic rings. The van der Waals surface area contributed by atoms with E-state index in [9.17, 15) is 0 Å². The summed E-state index contributed by atoms with van der Waals surface area (Å²) in [6.45, 7) is 6.12. The lowest BCUT2D eigenvalue weighted by atomic mass is 10.0. The summed E-state index contributed by atoms with van der Waals surface area (Å²) in [5.74, 6) is 1.46. The van der Waals surface area contributed by atoms with Gasteiger partial charge in [0, 0.05) is 44.5 Å². The second-order valence-electron chi connectivity index (χ2n) is 6.12. The van der Waals surface area contributed by atoms with Gasteiger partial charge in [0.05, 0.1) is 7.11 Å². The van der Waals surface area contributed by atoms with Crippen LogP contribution in [0.4, 0.5) is 0 Å². The molecule has 1 atom stereocenters. The fraction of sp³-hybridized carbons (Fsp3) is 0.667. The number of hydrogen-bond donors (Lipinski definition) is 2. The van der Waals surface area contributed by atoms with Gasteiger partial charge in [0.25, 0.3) is 0 Å². The van der Waals surface area contributed by atoms with E-state index in [0.717, 1.165) is 30.7 Å². The van der Waals surface area contributed by atoms with Crippen molar-refractivity contribution in [2.45, 2.75) is 45.2 Å². The highest BCUT2D eigenvalue weighted by Gasteiger charge is 2.19. The van der Waals surface area contributed by atoms with Crippen LogP contribution >= 0.6 is 24.0 Å². The Kier molecular flexibility index (Phi) is 10.8. The number of methoxy groups -OCH3 is 1. The van der Waals surface area contributed by atoms with Crippen LogP contribution in [0.3, 0.4) is 0 Å². The number of pyridine rings is 1. The molecule has 0 aromatic carbocycles. The Hall–Kier alpha value is -1.09. The first-order valence-corrected chi connectivity index (χ1v) is 8.95. The smallest absolute Gasteiger partial charge is 0.218 e. The van der Waals surface area contributed by atoms with Crippen molar-refractivity contribution in [2.75, 3.05) is 33.8 Å². The van der Waals surface area contributed by atoms with Gasteiger partial charge in [0.2, 0.25) is 5.88 Å². The SMILES string of the molecule is CCC1CCCCN1CCNC(=NC)NCc1cccnc1OC.I. The van der Waals surface area contributed by atoms with E-state index in [0.29, 0.717) is 12.4 Å². The van der Waals surface area contributed by atoms with Gasteiger partial charge >= 0.3 is 0 Å². The van der Waals surface area contributed by atoms with Crippen LogP contribution in [0.15, 0.2) is 23.3 Å². The first-order valence-electron chi connectivity index (χ1n) is 8.95. The number of guanidine groups is 1. The van der Waals surface area contributed by atoms with Gasteiger partial charge in [-0.3, -0.25) is 9.89 Å². The summed E-state index contributed by atoms with van der Waals surface area (Å²) in [6, 6.07) is 4.66. The average molecular weight is 461 g/mol. The standard InChI is InChI=1S/C18H31N5O.HI/c1-4-16-9-5-6-12-23(16)13-11-21-18(19-2)22-14-15-8-7-10-20-17(15)24-3;/h7-8,10,16H,4-6,9,11-14H2,1-3H3,(H2,19,21,22);1H. The van der Waals surface area contributed by atoms with E-state index in [1.807, 2.05) is 12.1 Å². The summed E-state index contributed by atoms with van der Waals surface area (Å²) < 4.78 is 5.28.